The standard InChI is InChI=1S/C14H19N5O2/c20-13(21)2-5-17-6-8-18(9-7-17)10-12-11-19-4-1-3-15-14(19)16-12/h1,3-4,11H,2,5-10H2,(H,20,21). The average molecular weight is 289 g/mol. The van der Waals surface area contributed by atoms with E-state index in [2.05, 4.69) is 19.8 Å². The summed E-state index contributed by atoms with van der Waals surface area (Å²) in [5.41, 5.74) is 1.02. The van der Waals surface area contributed by atoms with E-state index in [1.54, 1.807) is 6.20 Å². The minimum Gasteiger partial charge on any atom is -0.481 e. The number of piperazine rings is 1. The highest BCUT2D eigenvalue weighted by Crippen LogP contribution is 2.09. The Morgan fingerprint density at radius 1 is 1.24 bits per heavy atom. The molecule has 1 saturated heterocycles. The van der Waals surface area contributed by atoms with Crippen LogP contribution in [0.3, 0.4) is 0 Å². The number of rotatable bonds is 5. The molecule has 0 aromatic carbocycles. The van der Waals surface area contributed by atoms with Crippen LogP contribution in [0, 0.1) is 0 Å². The van der Waals surface area contributed by atoms with Gasteiger partial charge in [0.15, 0.2) is 0 Å². The van der Waals surface area contributed by atoms with Crippen LogP contribution in [0.1, 0.15) is 12.1 Å². The molecular weight excluding hydrogens is 270 g/mol. The first-order valence-electron chi connectivity index (χ1n) is 7.16. The van der Waals surface area contributed by atoms with Crippen LogP contribution in [0.2, 0.25) is 0 Å². The molecule has 7 nitrogen and oxygen atoms in total. The third-order valence-electron chi connectivity index (χ3n) is 3.78. The quantitative estimate of drug-likeness (QED) is 0.854. The highest BCUT2D eigenvalue weighted by Gasteiger charge is 2.18. The van der Waals surface area contributed by atoms with Gasteiger partial charge in [0.05, 0.1) is 12.1 Å². The van der Waals surface area contributed by atoms with E-state index in [4.69, 9.17) is 5.11 Å². The van der Waals surface area contributed by atoms with Crippen molar-refractivity contribution in [2.45, 2.75) is 13.0 Å². The van der Waals surface area contributed by atoms with Crippen LogP contribution in [0.15, 0.2) is 24.7 Å². The van der Waals surface area contributed by atoms with E-state index in [1.807, 2.05) is 22.9 Å². The first kappa shape index (κ1) is 14.0. The van der Waals surface area contributed by atoms with Gasteiger partial charge in [-0.15, -0.1) is 0 Å². The van der Waals surface area contributed by atoms with Crippen molar-refractivity contribution in [2.24, 2.45) is 0 Å². The summed E-state index contributed by atoms with van der Waals surface area (Å²) in [5.74, 6) is 0.00206. The fourth-order valence-corrected chi connectivity index (χ4v) is 2.61. The van der Waals surface area contributed by atoms with E-state index in [-0.39, 0.29) is 6.42 Å². The topological polar surface area (TPSA) is 74.0 Å². The van der Waals surface area contributed by atoms with Gasteiger partial charge in [-0.1, -0.05) is 0 Å². The fourth-order valence-electron chi connectivity index (χ4n) is 2.61. The second-order valence-electron chi connectivity index (χ2n) is 5.32. The summed E-state index contributed by atoms with van der Waals surface area (Å²) in [5, 5.41) is 8.71. The SMILES string of the molecule is O=C(O)CCN1CCN(Cc2cn3cccnc3n2)CC1. The number of nitrogens with zero attached hydrogens (tertiary/aromatic N) is 5. The molecule has 0 saturated carbocycles. The highest BCUT2D eigenvalue weighted by molar-refractivity contribution is 5.66. The zero-order valence-corrected chi connectivity index (χ0v) is 11.9. The number of carboxylic acids is 1. The molecular formula is C14H19N5O2. The Hall–Kier alpha value is -1.99. The maximum Gasteiger partial charge on any atom is 0.304 e. The predicted octanol–water partition coefficient (Wildman–Crippen LogP) is 0.322. The highest BCUT2D eigenvalue weighted by atomic mass is 16.4. The lowest BCUT2D eigenvalue weighted by molar-refractivity contribution is -0.137. The molecule has 0 atom stereocenters. The largest absolute Gasteiger partial charge is 0.481 e. The van der Waals surface area contributed by atoms with Crippen LogP contribution in [0.25, 0.3) is 5.78 Å². The first-order valence-corrected chi connectivity index (χ1v) is 7.16. The number of fused-ring (bicyclic) bond motifs is 1. The zero-order valence-electron chi connectivity index (χ0n) is 11.9. The molecule has 0 amide bonds. The molecule has 2 aromatic heterocycles. The Labute approximate surface area is 122 Å². The molecule has 1 N–H and O–H groups in total. The second kappa shape index (κ2) is 6.19. The van der Waals surface area contributed by atoms with Gasteiger partial charge in [-0.2, -0.15) is 0 Å². The number of hydrogen-bond acceptors (Lipinski definition) is 5. The lowest BCUT2D eigenvalue weighted by Gasteiger charge is -2.33. The van der Waals surface area contributed by atoms with Gasteiger partial charge in [0, 0.05) is 57.9 Å². The summed E-state index contributed by atoms with van der Waals surface area (Å²) in [4.78, 5) is 23.9. The van der Waals surface area contributed by atoms with Gasteiger partial charge < -0.3 is 10.0 Å². The Balaban J connectivity index is 1.52. The summed E-state index contributed by atoms with van der Waals surface area (Å²) >= 11 is 0. The predicted molar refractivity (Wildman–Crippen MR) is 77.0 cm³/mol. The van der Waals surface area contributed by atoms with Gasteiger partial charge in [0.1, 0.15) is 0 Å². The van der Waals surface area contributed by atoms with Crippen LogP contribution >= 0.6 is 0 Å². The summed E-state index contributed by atoms with van der Waals surface area (Å²) in [7, 11) is 0. The maximum atomic E-state index is 10.6. The van der Waals surface area contributed by atoms with E-state index in [9.17, 15) is 4.79 Å². The molecule has 7 heteroatoms. The van der Waals surface area contributed by atoms with Crippen molar-refractivity contribution < 1.29 is 9.90 Å². The monoisotopic (exact) mass is 289 g/mol. The van der Waals surface area contributed by atoms with E-state index in [0.717, 1.165) is 44.2 Å². The van der Waals surface area contributed by atoms with Crippen molar-refractivity contribution in [1.29, 1.82) is 0 Å². The second-order valence-corrected chi connectivity index (χ2v) is 5.32. The number of aromatic nitrogens is 3. The summed E-state index contributed by atoms with van der Waals surface area (Å²) in [6.07, 6.45) is 5.92. The molecule has 1 aliphatic rings. The number of imidazole rings is 1. The van der Waals surface area contributed by atoms with E-state index in [0.29, 0.717) is 6.54 Å². The third-order valence-corrected chi connectivity index (χ3v) is 3.78. The van der Waals surface area contributed by atoms with Crippen LogP contribution < -0.4 is 0 Å². The number of aliphatic carboxylic acids is 1. The zero-order chi connectivity index (χ0) is 14.7. The van der Waals surface area contributed by atoms with Gasteiger partial charge in [-0.05, 0) is 6.07 Å². The lowest BCUT2D eigenvalue weighted by atomic mass is 10.2. The molecule has 0 bridgehead atoms. The fraction of sp³-hybridized carbons (Fsp3) is 0.500. The third kappa shape index (κ3) is 3.56. The van der Waals surface area contributed by atoms with Gasteiger partial charge in [-0.25, -0.2) is 9.97 Å². The van der Waals surface area contributed by atoms with Gasteiger partial charge >= 0.3 is 5.97 Å². The van der Waals surface area contributed by atoms with Gasteiger partial charge in [-0.3, -0.25) is 14.1 Å². The van der Waals surface area contributed by atoms with Crippen LogP contribution in [-0.4, -0.2) is 68.0 Å². The Kier molecular flexibility index (Phi) is 4.12. The molecule has 112 valence electrons. The first-order chi connectivity index (χ1) is 10.2. The van der Waals surface area contributed by atoms with Crippen LogP contribution in [0.4, 0.5) is 0 Å². The molecule has 2 aromatic rings. The summed E-state index contributed by atoms with van der Waals surface area (Å²) in [6, 6.07) is 1.89. The van der Waals surface area contributed by atoms with Crippen molar-refractivity contribution in [1.82, 2.24) is 24.2 Å². The van der Waals surface area contributed by atoms with Crippen LogP contribution in [-0.2, 0) is 11.3 Å². The van der Waals surface area contributed by atoms with Gasteiger partial charge in [0.25, 0.3) is 0 Å². The molecule has 0 unspecified atom stereocenters. The van der Waals surface area contributed by atoms with E-state index in [1.165, 1.54) is 0 Å². The molecule has 1 fully saturated rings. The van der Waals surface area contributed by atoms with E-state index < -0.39 is 5.97 Å². The Morgan fingerprint density at radius 3 is 2.71 bits per heavy atom. The normalized spacial score (nSPS) is 17.3. The van der Waals surface area contributed by atoms with Crippen molar-refractivity contribution >= 4 is 11.7 Å². The molecule has 3 heterocycles. The van der Waals surface area contributed by atoms with Crippen molar-refractivity contribution in [2.75, 3.05) is 32.7 Å². The number of hydrogen-bond donors (Lipinski definition) is 1. The molecule has 0 spiro atoms. The van der Waals surface area contributed by atoms with E-state index >= 15 is 0 Å². The molecule has 0 aliphatic carbocycles. The lowest BCUT2D eigenvalue weighted by Crippen LogP contribution is -2.46. The minimum absolute atomic E-state index is 0.220. The Bertz CT molecular complexity index is 586. The van der Waals surface area contributed by atoms with Crippen molar-refractivity contribution in [3.8, 4) is 0 Å². The minimum atomic E-state index is -0.727. The summed E-state index contributed by atoms with van der Waals surface area (Å²) in [6.45, 7) is 5.18. The molecule has 21 heavy (non-hydrogen) atoms. The molecule has 1 aliphatic heterocycles. The Morgan fingerprint density at radius 2 is 2.00 bits per heavy atom. The molecule has 3 rings (SSSR count). The average Bonchev–Trinajstić information content (AvgIpc) is 2.88. The maximum absolute atomic E-state index is 10.6. The van der Waals surface area contributed by atoms with Crippen LogP contribution in [0.5, 0.6) is 0 Å². The van der Waals surface area contributed by atoms with Crippen molar-refractivity contribution in [3.63, 3.8) is 0 Å². The van der Waals surface area contributed by atoms with Gasteiger partial charge in [0.2, 0.25) is 5.78 Å². The molecule has 0 radical (unpaired) electrons. The number of carboxylic acid groups (broad SMARTS) is 1. The summed E-state index contributed by atoms with van der Waals surface area (Å²) < 4.78 is 1.93. The number of carbonyl (C=O) groups is 1. The van der Waals surface area contributed by atoms with Crippen molar-refractivity contribution in [3.05, 3.63) is 30.4 Å². The smallest absolute Gasteiger partial charge is 0.304 e.